The molecule has 2 heterocycles. The lowest BCUT2D eigenvalue weighted by atomic mass is 9.94. The zero-order valence-electron chi connectivity index (χ0n) is 25.1. The zero-order valence-corrected chi connectivity index (χ0v) is 25.9. The first kappa shape index (κ1) is 30.5. The zero-order chi connectivity index (χ0) is 30.7. The lowest BCUT2D eigenvalue weighted by Gasteiger charge is -2.32. The van der Waals surface area contributed by atoms with Crippen LogP contribution in [0.2, 0.25) is 0 Å². The number of esters is 1. The summed E-state index contributed by atoms with van der Waals surface area (Å²) in [5, 5.41) is 0. The minimum atomic E-state index is -3.87. The highest BCUT2D eigenvalue weighted by atomic mass is 32.2. The van der Waals surface area contributed by atoms with Crippen LogP contribution in [0.1, 0.15) is 67.2 Å². The highest BCUT2D eigenvalue weighted by Crippen LogP contribution is 2.37. The molecule has 3 aromatic rings. The van der Waals surface area contributed by atoms with Gasteiger partial charge in [0, 0.05) is 18.3 Å². The maximum Gasteiger partial charge on any atom is 0.340 e. The van der Waals surface area contributed by atoms with Gasteiger partial charge < -0.3 is 14.1 Å². The molecule has 9 heteroatoms. The lowest BCUT2D eigenvalue weighted by Crippen LogP contribution is -2.37. The Bertz CT molecular complexity index is 1660. The van der Waals surface area contributed by atoms with Crippen molar-refractivity contribution in [3.8, 4) is 0 Å². The third-order valence-electron chi connectivity index (χ3n) is 8.21. The van der Waals surface area contributed by atoms with Crippen molar-refractivity contribution >= 4 is 28.0 Å². The molecule has 43 heavy (non-hydrogen) atoms. The van der Waals surface area contributed by atoms with Crippen molar-refractivity contribution in [2.24, 2.45) is 0 Å². The van der Waals surface area contributed by atoms with Crippen LogP contribution in [-0.2, 0) is 37.4 Å². The summed E-state index contributed by atoms with van der Waals surface area (Å²) in [6.45, 7) is 5.80. The van der Waals surface area contributed by atoms with Crippen molar-refractivity contribution in [3.63, 3.8) is 0 Å². The molecular weight excluding hydrogens is 564 g/mol. The Morgan fingerprint density at radius 1 is 0.930 bits per heavy atom. The molecule has 0 unspecified atom stereocenters. The van der Waals surface area contributed by atoms with Crippen LogP contribution < -0.4 is 0 Å². The number of carbonyl (C=O) groups excluding carboxylic acids is 2. The normalized spacial score (nSPS) is 17.4. The Morgan fingerprint density at radius 2 is 1.56 bits per heavy atom. The van der Waals surface area contributed by atoms with E-state index in [1.165, 1.54) is 11.4 Å². The van der Waals surface area contributed by atoms with Crippen LogP contribution in [0.5, 0.6) is 0 Å². The van der Waals surface area contributed by atoms with Gasteiger partial charge in [-0.05, 0) is 69.5 Å². The van der Waals surface area contributed by atoms with E-state index in [4.69, 9.17) is 9.15 Å². The monoisotopic (exact) mass is 602 g/mol. The van der Waals surface area contributed by atoms with E-state index in [1.807, 2.05) is 38.1 Å². The minimum absolute atomic E-state index is 0.0197. The number of ether oxygens (including phenoxy) is 1. The average Bonchev–Trinajstić information content (AvgIpc) is 3.54. The highest BCUT2D eigenvalue weighted by molar-refractivity contribution is 7.89. The second kappa shape index (κ2) is 12.7. The molecule has 5 rings (SSSR count). The van der Waals surface area contributed by atoms with Gasteiger partial charge in [0.05, 0.1) is 29.7 Å². The van der Waals surface area contributed by atoms with E-state index in [1.54, 1.807) is 54.3 Å². The molecule has 0 N–H and O–H groups in total. The van der Waals surface area contributed by atoms with Crippen LogP contribution in [-0.4, -0.2) is 42.7 Å². The van der Waals surface area contributed by atoms with Gasteiger partial charge in [-0.1, -0.05) is 66.8 Å². The molecule has 1 amide bonds. The molecule has 1 aliphatic carbocycles. The third-order valence-corrected chi connectivity index (χ3v) is 10.0. The quantitative estimate of drug-likeness (QED) is 0.211. The molecule has 8 nitrogen and oxygen atoms in total. The van der Waals surface area contributed by atoms with Crippen molar-refractivity contribution in [3.05, 3.63) is 106 Å². The number of allylic oxidation sites excluding steroid dienone is 1. The summed E-state index contributed by atoms with van der Waals surface area (Å²) in [7, 11) is -2.57. The molecule has 0 atom stereocenters. The Balaban J connectivity index is 1.45. The number of nitrogens with zero attached hydrogens (tertiary/aromatic N) is 2. The molecule has 0 saturated heterocycles. The van der Waals surface area contributed by atoms with Crippen LogP contribution >= 0.6 is 0 Å². The molecule has 2 aromatic carbocycles. The molecule has 0 spiro atoms. The molecule has 1 aliphatic heterocycles. The summed E-state index contributed by atoms with van der Waals surface area (Å²) in [5.41, 5.74) is 3.94. The molecule has 1 saturated carbocycles. The van der Waals surface area contributed by atoms with Crippen molar-refractivity contribution in [2.45, 2.75) is 76.9 Å². The van der Waals surface area contributed by atoms with Crippen LogP contribution in [0.3, 0.4) is 0 Å². The summed E-state index contributed by atoms with van der Waals surface area (Å²) < 4.78 is 40.1. The van der Waals surface area contributed by atoms with Gasteiger partial charge in [-0.2, -0.15) is 4.31 Å². The molecular formula is C34H38N2O6S. The maximum absolute atomic E-state index is 13.8. The van der Waals surface area contributed by atoms with Gasteiger partial charge >= 0.3 is 5.97 Å². The summed E-state index contributed by atoms with van der Waals surface area (Å²) in [6, 6.07) is 17.9. The van der Waals surface area contributed by atoms with Crippen molar-refractivity contribution in [1.29, 1.82) is 0 Å². The number of methoxy groups -OCH3 is 1. The molecule has 0 radical (unpaired) electrons. The van der Waals surface area contributed by atoms with E-state index in [0.29, 0.717) is 17.2 Å². The Morgan fingerprint density at radius 3 is 2.19 bits per heavy atom. The van der Waals surface area contributed by atoms with Gasteiger partial charge in [0.1, 0.15) is 11.5 Å². The number of hydrogen-bond donors (Lipinski definition) is 0. The van der Waals surface area contributed by atoms with E-state index in [-0.39, 0.29) is 41.1 Å². The van der Waals surface area contributed by atoms with E-state index in [9.17, 15) is 18.0 Å². The summed E-state index contributed by atoms with van der Waals surface area (Å²) in [5.74, 6) is -0.0630. The number of carbonyl (C=O) groups is 2. The summed E-state index contributed by atoms with van der Waals surface area (Å²) in [4.78, 5) is 28.4. The van der Waals surface area contributed by atoms with Gasteiger partial charge in [-0.15, -0.1) is 0 Å². The fourth-order valence-electron chi connectivity index (χ4n) is 5.83. The highest BCUT2D eigenvalue weighted by Gasteiger charge is 2.40. The smallest absolute Gasteiger partial charge is 0.340 e. The third kappa shape index (κ3) is 6.53. The van der Waals surface area contributed by atoms with Crippen LogP contribution in [0.4, 0.5) is 0 Å². The van der Waals surface area contributed by atoms with Gasteiger partial charge in [0.2, 0.25) is 10.0 Å². The van der Waals surface area contributed by atoms with Crippen molar-refractivity contribution in [1.82, 2.24) is 9.21 Å². The topological polar surface area (TPSA) is 97.1 Å². The number of sulfonamides is 1. The number of amides is 1. The van der Waals surface area contributed by atoms with Crippen LogP contribution in [0.15, 0.2) is 86.8 Å². The van der Waals surface area contributed by atoms with E-state index in [0.717, 1.165) is 48.8 Å². The first-order valence-electron chi connectivity index (χ1n) is 14.6. The SMILES string of the molecule is COC(=O)C1=C(C)N(C2CCCCC2)C(=O)/C1=C/c1ccc(CN(Cc2ccc(C)cc2)S(=O)(=O)c2ccc(C)cc2)o1. The standard InChI is InChI=1S/C34H38N2O6S/c1-23-10-14-26(15-11-23)21-35(43(39,40)30-18-12-24(2)13-19-30)22-29-17-16-28(42-29)20-31-32(34(38)41-4)25(3)36(33(31)37)27-8-6-5-7-9-27/h10-20,27H,5-9,21-22H2,1-4H3/b31-20+. The van der Waals surface area contributed by atoms with E-state index >= 15 is 0 Å². The van der Waals surface area contributed by atoms with Gasteiger partial charge in [-0.3, -0.25) is 4.79 Å². The first-order valence-corrected chi connectivity index (χ1v) is 16.1. The van der Waals surface area contributed by atoms with Crippen LogP contribution in [0.25, 0.3) is 6.08 Å². The molecule has 1 fully saturated rings. The van der Waals surface area contributed by atoms with Crippen molar-refractivity contribution in [2.75, 3.05) is 7.11 Å². The number of rotatable bonds is 9. The van der Waals surface area contributed by atoms with E-state index < -0.39 is 16.0 Å². The fourth-order valence-corrected chi connectivity index (χ4v) is 7.23. The largest absolute Gasteiger partial charge is 0.465 e. The Labute approximate surface area is 253 Å². The van der Waals surface area contributed by atoms with Gasteiger partial charge in [0.25, 0.3) is 5.91 Å². The maximum atomic E-state index is 13.8. The summed E-state index contributed by atoms with van der Waals surface area (Å²) >= 11 is 0. The van der Waals surface area contributed by atoms with E-state index in [2.05, 4.69) is 0 Å². The minimum Gasteiger partial charge on any atom is -0.465 e. The Kier molecular flexibility index (Phi) is 9.03. The van der Waals surface area contributed by atoms with Crippen molar-refractivity contribution < 1.29 is 27.2 Å². The lowest BCUT2D eigenvalue weighted by molar-refractivity contribution is -0.136. The number of hydrogen-bond acceptors (Lipinski definition) is 6. The number of aryl methyl sites for hydroxylation is 2. The Hall–Kier alpha value is -3.95. The first-order chi connectivity index (χ1) is 20.6. The predicted molar refractivity (Wildman–Crippen MR) is 164 cm³/mol. The second-order valence-electron chi connectivity index (χ2n) is 11.4. The fraction of sp³-hybridized carbons (Fsp3) is 0.353. The predicted octanol–water partition coefficient (Wildman–Crippen LogP) is 6.29. The molecule has 1 aromatic heterocycles. The van der Waals surface area contributed by atoms with Gasteiger partial charge in [-0.25, -0.2) is 13.2 Å². The molecule has 226 valence electrons. The number of furan rings is 1. The second-order valence-corrected chi connectivity index (χ2v) is 13.3. The molecule has 2 aliphatic rings. The van der Waals surface area contributed by atoms with Crippen LogP contribution in [0, 0.1) is 13.8 Å². The van der Waals surface area contributed by atoms with Gasteiger partial charge in [0.15, 0.2) is 0 Å². The summed E-state index contributed by atoms with van der Waals surface area (Å²) in [6.07, 6.45) is 6.57. The number of benzene rings is 2. The molecule has 0 bridgehead atoms. The average molecular weight is 603 g/mol.